The molecule has 0 spiro atoms. The number of rotatable bonds is 2. The van der Waals surface area contributed by atoms with Crippen LogP contribution in [0.2, 0.25) is 0 Å². The highest BCUT2D eigenvalue weighted by Gasteiger charge is 2.35. The molecule has 2 amide bonds. The average Bonchev–Trinajstić information content (AvgIpc) is 3.75. The number of aryl methyl sites for hydroxylation is 1. The molecule has 4 aromatic rings. The van der Waals surface area contributed by atoms with Gasteiger partial charge in [-0.25, -0.2) is 0 Å². The van der Waals surface area contributed by atoms with E-state index in [-0.39, 0.29) is 17.9 Å². The smallest absolute Gasteiger partial charge is 0.275 e. The molecule has 2 N–H and O–H groups in total. The molecular formula is C34H34N4O4. The Morgan fingerprint density at radius 2 is 1.76 bits per heavy atom. The SMILES string of the molecule is O=C1CCc2ccc(cc2)Oc2ccc3c(c2)CCN(C(=O)c2cc(C4CC4)[nH]n2)C3c2cccc(c2)OCCCN1. The zero-order valence-corrected chi connectivity index (χ0v) is 23.5. The lowest BCUT2D eigenvalue weighted by Gasteiger charge is -2.37. The van der Waals surface area contributed by atoms with Gasteiger partial charge in [-0.3, -0.25) is 14.7 Å². The molecular weight excluding hydrogens is 528 g/mol. The van der Waals surface area contributed by atoms with Crippen LogP contribution in [-0.4, -0.2) is 46.6 Å². The minimum Gasteiger partial charge on any atom is -0.494 e. The van der Waals surface area contributed by atoms with E-state index >= 15 is 0 Å². The number of amides is 2. The molecule has 1 aliphatic carbocycles. The van der Waals surface area contributed by atoms with Crippen LogP contribution in [0.5, 0.6) is 17.2 Å². The summed E-state index contributed by atoms with van der Waals surface area (Å²) in [6.07, 6.45) is 4.80. The lowest BCUT2D eigenvalue weighted by atomic mass is 9.87. The summed E-state index contributed by atoms with van der Waals surface area (Å²) in [5.74, 6) is 2.68. The van der Waals surface area contributed by atoms with E-state index < -0.39 is 0 Å². The predicted octanol–water partition coefficient (Wildman–Crippen LogP) is 5.70. The van der Waals surface area contributed by atoms with E-state index in [9.17, 15) is 9.59 Å². The number of aromatic amines is 1. The highest BCUT2D eigenvalue weighted by atomic mass is 16.5. The lowest BCUT2D eigenvalue weighted by Crippen LogP contribution is -2.40. The summed E-state index contributed by atoms with van der Waals surface area (Å²) in [5.41, 5.74) is 5.79. The van der Waals surface area contributed by atoms with Gasteiger partial charge in [0.2, 0.25) is 5.91 Å². The van der Waals surface area contributed by atoms with Crippen LogP contribution < -0.4 is 14.8 Å². The molecule has 5 aliphatic rings. The van der Waals surface area contributed by atoms with Crippen LogP contribution in [0.4, 0.5) is 0 Å². The Kier molecular flexibility index (Phi) is 7.11. The number of carbonyl (C=O) groups excluding carboxylic acids is 2. The van der Waals surface area contributed by atoms with Crippen molar-refractivity contribution in [1.29, 1.82) is 0 Å². The summed E-state index contributed by atoms with van der Waals surface area (Å²) in [6, 6.07) is 23.6. The molecule has 0 radical (unpaired) electrons. The summed E-state index contributed by atoms with van der Waals surface area (Å²) < 4.78 is 12.3. The number of H-pyrrole nitrogens is 1. The molecule has 3 aromatic carbocycles. The monoisotopic (exact) mass is 562 g/mol. The van der Waals surface area contributed by atoms with Crippen molar-refractivity contribution in [1.82, 2.24) is 20.4 Å². The molecule has 0 saturated heterocycles. The highest BCUT2D eigenvalue weighted by Crippen LogP contribution is 2.41. The maximum absolute atomic E-state index is 13.9. The molecule has 1 saturated carbocycles. The van der Waals surface area contributed by atoms with Crippen molar-refractivity contribution < 1.29 is 19.1 Å². The van der Waals surface area contributed by atoms with Gasteiger partial charge in [0.05, 0.1) is 12.6 Å². The van der Waals surface area contributed by atoms with Gasteiger partial charge in [0.1, 0.15) is 22.9 Å². The predicted molar refractivity (Wildman–Crippen MR) is 158 cm³/mol. The van der Waals surface area contributed by atoms with Gasteiger partial charge in [0.15, 0.2) is 0 Å². The average molecular weight is 563 g/mol. The quantitative estimate of drug-likeness (QED) is 0.327. The second-order valence-corrected chi connectivity index (χ2v) is 11.4. The normalized spacial score (nSPS) is 18.9. The van der Waals surface area contributed by atoms with Crippen molar-refractivity contribution in [2.75, 3.05) is 19.7 Å². The fourth-order valence-corrected chi connectivity index (χ4v) is 5.91. The Balaban J connectivity index is 1.24. The molecule has 1 unspecified atom stereocenters. The number of ether oxygens (including phenoxy) is 2. The Labute approximate surface area is 245 Å². The van der Waals surface area contributed by atoms with Crippen LogP contribution in [0.15, 0.2) is 72.8 Å². The van der Waals surface area contributed by atoms with Crippen molar-refractivity contribution in [2.24, 2.45) is 0 Å². The summed E-state index contributed by atoms with van der Waals surface area (Å²) in [6.45, 7) is 1.59. The third kappa shape index (κ3) is 5.62. The first-order valence-electron chi connectivity index (χ1n) is 14.9. The van der Waals surface area contributed by atoms with Gasteiger partial charge < -0.3 is 19.7 Å². The van der Waals surface area contributed by atoms with Crippen LogP contribution in [0.3, 0.4) is 0 Å². The van der Waals surface area contributed by atoms with Crippen molar-refractivity contribution in [3.05, 3.63) is 106 Å². The maximum atomic E-state index is 13.9. The fraction of sp³-hybridized carbons (Fsp3) is 0.324. The highest BCUT2D eigenvalue weighted by molar-refractivity contribution is 5.93. The Morgan fingerprint density at radius 3 is 2.62 bits per heavy atom. The number of nitrogens with one attached hydrogen (secondary N) is 2. The van der Waals surface area contributed by atoms with Crippen molar-refractivity contribution >= 4 is 11.8 Å². The minimum absolute atomic E-state index is 0.0303. The number of nitrogens with zero attached hydrogens (tertiary/aromatic N) is 2. The first-order chi connectivity index (χ1) is 20.6. The first-order valence-corrected chi connectivity index (χ1v) is 14.9. The number of fused-ring (bicyclic) bond motifs is 1. The Bertz CT molecular complexity index is 1610. The number of hydrogen-bond acceptors (Lipinski definition) is 5. The second kappa shape index (κ2) is 11.4. The van der Waals surface area contributed by atoms with Crippen LogP contribution >= 0.6 is 0 Å². The van der Waals surface area contributed by atoms with Crippen LogP contribution in [-0.2, 0) is 17.6 Å². The van der Waals surface area contributed by atoms with E-state index in [4.69, 9.17) is 9.47 Å². The van der Waals surface area contributed by atoms with Gasteiger partial charge in [-0.2, -0.15) is 5.10 Å². The van der Waals surface area contributed by atoms with Crippen LogP contribution in [0.25, 0.3) is 0 Å². The molecule has 8 bridgehead atoms. The van der Waals surface area contributed by atoms with Gasteiger partial charge >= 0.3 is 0 Å². The molecule has 1 atom stereocenters. The second-order valence-electron chi connectivity index (χ2n) is 11.4. The van der Waals surface area contributed by atoms with Crippen molar-refractivity contribution in [3.63, 3.8) is 0 Å². The van der Waals surface area contributed by atoms with E-state index in [1.54, 1.807) is 0 Å². The largest absolute Gasteiger partial charge is 0.494 e. The maximum Gasteiger partial charge on any atom is 0.275 e. The Hall–Kier alpha value is -4.59. The third-order valence-electron chi connectivity index (χ3n) is 8.32. The molecule has 8 heteroatoms. The molecule has 9 rings (SSSR count). The number of carbonyl (C=O) groups is 2. The summed E-state index contributed by atoms with van der Waals surface area (Å²) in [4.78, 5) is 28.2. The third-order valence-corrected chi connectivity index (χ3v) is 8.32. The van der Waals surface area contributed by atoms with Crippen LogP contribution in [0, 0.1) is 0 Å². The molecule has 1 fully saturated rings. The topological polar surface area (TPSA) is 96.5 Å². The van der Waals surface area contributed by atoms with Gasteiger partial charge in [-0.15, -0.1) is 0 Å². The molecule has 4 aliphatic heterocycles. The standard InChI is InChI=1S/C34H34N4O4/c39-32-14-7-22-5-10-26(11-6-22)42-28-12-13-29-24(19-28)15-17-38(34(40)31-21-30(36-37-31)23-8-9-23)33(29)25-3-1-4-27(20-25)41-18-2-16-35-32/h1,3-6,10-13,19-21,23,33H,2,7-9,14-18H2,(H,35,39)(H,36,37). The van der Waals surface area contributed by atoms with Crippen LogP contribution in [0.1, 0.15) is 76.1 Å². The molecule has 5 heterocycles. The number of benzene rings is 3. The summed E-state index contributed by atoms with van der Waals surface area (Å²) in [7, 11) is 0. The Morgan fingerprint density at radius 1 is 0.905 bits per heavy atom. The van der Waals surface area contributed by atoms with Gasteiger partial charge in [0, 0.05) is 31.1 Å². The zero-order valence-electron chi connectivity index (χ0n) is 23.5. The summed E-state index contributed by atoms with van der Waals surface area (Å²) >= 11 is 0. The van der Waals surface area contributed by atoms with Gasteiger partial charge in [-0.1, -0.05) is 30.3 Å². The fourth-order valence-electron chi connectivity index (χ4n) is 5.91. The van der Waals surface area contributed by atoms with Gasteiger partial charge in [-0.05, 0) is 96.8 Å². The molecule has 1 aromatic heterocycles. The minimum atomic E-state index is -0.299. The zero-order chi connectivity index (χ0) is 28.5. The number of aromatic nitrogens is 2. The van der Waals surface area contributed by atoms with Gasteiger partial charge in [0.25, 0.3) is 5.91 Å². The van der Waals surface area contributed by atoms with Crippen molar-refractivity contribution in [3.8, 4) is 17.2 Å². The van der Waals surface area contributed by atoms with E-state index in [2.05, 4.69) is 33.7 Å². The first kappa shape index (κ1) is 26.3. The van der Waals surface area contributed by atoms with E-state index in [1.165, 1.54) is 0 Å². The lowest BCUT2D eigenvalue weighted by molar-refractivity contribution is -0.121. The van der Waals surface area contributed by atoms with Crippen molar-refractivity contribution in [2.45, 2.75) is 50.5 Å². The van der Waals surface area contributed by atoms with E-state index in [0.717, 1.165) is 58.0 Å². The molecule has 8 nitrogen and oxygen atoms in total. The number of hydrogen-bond donors (Lipinski definition) is 2. The van der Waals surface area contributed by atoms with E-state index in [0.29, 0.717) is 57.0 Å². The van der Waals surface area contributed by atoms with E-state index in [1.807, 2.05) is 59.5 Å². The molecule has 42 heavy (non-hydrogen) atoms. The summed E-state index contributed by atoms with van der Waals surface area (Å²) in [5, 5.41) is 10.5. The molecule has 214 valence electrons.